The summed E-state index contributed by atoms with van der Waals surface area (Å²) in [5.41, 5.74) is 7.78. The minimum Gasteiger partial charge on any atom is -0.451 e. The molecule has 0 saturated carbocycles. The Hall–Kier alpha value is -1.81. The lowest BCUT2D eigenvalue weighted by Gasteiger charge is -2.28. The molecule has 1 aromatic heterocycles. The standard InChI is InChI=1S/C17H22N2O2/c1-12-6-7-15-13(9-12)10-16(21-15)17(20)19-8-4-2-3-5-14(19)11-18/h6-7,9-10,14H,2-5,8,11,18H2,1H3. The van der Waals surface area contributed by atoms with Crippen molar-refractivity contribution in [1.29, 1.82) is 0 Å². The number of amides is 1. The number of hydrogen-bond acceptors (Lipinski definition) is 3. The number of nitrogens with zero attached hydrogens (tertiary/aromatic N) is 1. The van der Waals surface area contributed by atoms with Gasteiger partial charge in [0, 0.05) is 24.5 Å². The summed E-state index contributed by atoms with van der Waals surface area (Å²) in [6.45, 7) is 3.33. The van der Waals surface area contributed by atoms with Crippen LogP contribution in [0.2, 0.25) is 0 Å². The highest BCUT2D eigenvalue weighted by molar-refractivity contribution is 5.96. The third-order valence-corrected chi connectivity index (χ3v) is 4.29. The predicted molar refractivity (Wildman–Crippen MR) is 83.3 cm³/mol. The third kappa shape index (κ3) is 2.81. The van der Waals surface area contributed by atoms with Crippen LogP contribution in [0.4, 0.5) is 0 Å². The van der Waals surface area contributed by atoms with Gasteiger partial charge in [-0.05, 0) is 38.0 Å². The van der Waals surface area contributed by atoms with Crippen molar-refractivity contribution in [3.63, 3.8) is 0 Å². The Morgan fingerprint density at radius 1 is 1.33 bits per heavy atom. The SMILES string of the molecule is Cc1ccc2oc(C(=O)N3CCCCCC3CN)cc2c1. The number of carbonyl (C=O) groups excluding carboxylic acids is 1. The summed E-state index contributed by atoms with van der Waals surface area (Å²) in [5, 5.41) is 0.984. The van der Waals surface area contributed by atoms with E-state index >= 15 is 0 Å². The number of likely N-dealkylation sites (tertiary alicyclic amines) is 1. The number of carbonyl (C=O) groups is 1. The van der Waals surface area contributed by atoms with Crippen LogP contribution < -0.4 is 5.73 Å². The molecule has 1 unspecified atom stereocenters. The highest BCUT2D eigenvalue weighted by Gasteiger charge is 2.27. The topological polar surface area (TPSA) is 59.5 Å². The molecule has 4 nitrogen and oxygen atoms in total. The van der Waals surface area contributed by atoms with Gasteiger partial charge < -0.3 is 15.1 Å². The molecule has 1 fully saturated rings. The normalized spacial score (nSPS) is 19.7. The highest BCUT2D eigenvalue weighted by Crippen LogP contribution is 2.24. The Balaban J connectivity index is 1.90. The molecular weight excluding hydrogens is 264 g/mol. The molecule has 2 aromatic rings. The van der Waals surface area contributed by atoms with E-state index in [9.17, 15) is 4.79 Å². The lowest BCUT2D eigenvalue weighted by molar-refractivity contribution is 0.0659. The third-order valence-electron chi connectivity index (χ3n) is 4.29. The fourth-order valence-corrected chi connectivity index (χ4v) is 3.10. The van der Waals surface area contributed by atoms with Gasteiger partial charge in [0.05, 0.1) is 0 Å². The molecule has 2 heterocycles. The molecule has 21 heavy (non-hydrogen) atoms. The van der Waals surface area contributed by atoms with E-state index in [-0.39, 0.29) is 11.9 Å². The van der Waals surface area contributed by atoms with Gasteiger partial charge >= 0.3 is 0 Å². The van der Waals surface area contributed by atoms with Crippen molar-refractivity contribution >= 4 is 16.9 Å². The molecule has 2 N–H and O–H groups in total. The fourth-order valence-electron chi connectivity index (χ4n) is 3.10. The van der Waals surface area contributed by atoms with Crippen LogP contribution in [0.15, 0.2) is 28.7 Å². The quantitative estimate of drug-likeness (QED) is 0.923. The van der Waals surface area contributed by atoms with E-state index in [0.717, 1.165) is 42.3 Å². The monoisotopic (exact) mass is 286 g/mol. The summed E-state index contributed by atoms with van der Waals surface area (Å²) in [6, 6.07) is 7.94. The Kier molecular flexibility index (Phi) is 3.97. The van der Waals surface area contributed by atoms with Gasteiger partial charge in [0.1, 0.15) is 5.58 Å². The maximum atomic E-state index is 12.8. The van der Waals surface area contributed by atoms with Crippen LogP contribution in [0.1, 0.15) is 41.8 Å². The summed E-state index contributed by atoms with van der Waals surface area (Å²) in [7, 11) is 0. The molecule has 0 radical (unpaired) electrons. The fraction of sp³-hybridized carbons (Fsp3) is 0.471. The van der Waals surface area contributed by atoms with E-state index in [1.54, 1.807) is 0 Å². The van der Waals surface area contributed by atoms with Gasteiger partial charge in [0.15, 0.2) is 5.76 Å². The zero-order chi connectivity index (χ0) is 14.8. The summed E-state index contributed by atoms with van der Waals surface area (Å²) in [5.74, 6) is 0.400. The second-order valence-corrected chi connectivity index (χ2v) is 5.89. The first kappa shape index (κ1) is 14.1. The zero-order valence-electron chi connectivity index (χ0n) is 12.5. The molecule has 1 aliphatic rings. The Morgan fingerprint density at radius 2 is 2.19 bits per heavy atom. The first-order valence-corrected chi connectivity index (χ1v) is 7.70. The van der Waals surface area contributed by atoms with Crippen molar-refractivity contribution in [3.05, 3.63) is 35.6 Å². The summed E-state index contributed by atoms with van der Waals surface area (Å²) < 4.78 is 5.74. The molecule has 1 saturated heterocycles. The van der Waals surface area contributed by atoms with Crippen LogP contribution in [0, 0.1) is 6.92 Å². The summed E-state index contributed by atoms with van der Waals surface area (Å²) in [6.07, 6.45) is 4.34. The second-order valence-electron chi connectivity index (χ2n) is 5.89. The van der Waals surface area contributed by atoms with Gasteiger partial charge in [-0.1, -0.05) is 24.5 Å². The lowest BCUT2D eigenvalue weighted by Crippen LogP contribution is -2.44. The van der Waals surface area contributed by atoms with Crippen molar-refractivity contribution in [1.82, 2.24) is 4.90 Å². The minimum atomic E-state index is -0.0267. The molecule has 3 rings (SSSR count). The maximum Gasteiger partial charge on any atom is 0.289 e. The molecule has 1 aliphatic heterocycles. The van der Waals surface area contributed by atoms with Gasteiger partial charge in [-0.2, -0.15) is 0 Å². The number of furan rings is 1. The van der Waals surface area contributed by atoms with E-state index in [1.807, 2.05) is 36.1 Å². The molecular formula is C17H22N2O2. The Bertz CT molecular complexity index is 647. The summed E-state index contributed by atoms with van der Waals surface area (Å²) in [4.78, 5) is 14.7. The van der Waals surface area contributed by atoms with Crippen LogP contribution in [-0.4, -0.2) is 29.9 Å². The first-order valence-electron chi connectivity index (χ1n) is 7.70. The van der Waals surface area contributed by atoms with Crippen molar-refractivity contribution in [2.45, 2.75) is 38.6 Å². The van der Waals surface area contributed by atoms with Crippen molar-refractivity contribution < 1.29 is 9.21 Å². The molecule has 1 aromatic carbocycles. The largest absolute Gasteiger partial charge is 0.451 e. The smallest absolute Gasteiger partial charge is 0.289 e. The van der Waals surface area contributed by atoms with Crippen LogP contribution >= 0.6 is 0 Å². The zero-order valence-corrected chi connectivity index (χ0v) is 12.5. The van der Waals surface area contributed by atoms with E-state index in [2.05, 4.69) is 0 Å². The number of rotatable bonds is 2. The number of fused-ring (bicyclic) bond motifs is 1. The van der Waals surface area contributed by atoms with Crippen LogP contribution in [0.5, 0.6) is 0 Å². The average Bonchev–Trinajstić information content (AvgIpc) is 2.75. The highest BCUT2D eigenvalue weighted by atomic mass is 16.3. The molecule has 1 amide bonds. The van der Waals surface area contributed by atoms with E-state index in [4.69, 9.17) is 10.2 Å². The van der Waals surface area contributed by atoms with E-state index < -0.39 is 0 Å². The summed E-state index contributed by atoms with van der Waals surface area (Å²) >= 11 is 0. The van der Waals surface area contributed by atoms with Gasteiger partial charge in [-0.3, -0.25) is 4.79 Å². The van der Waals surface area contributed by atoms with Crippen LogP contribution in [0.25, 0.3) is 11.0 Å². The first-order chi connectivity index (χ1) is 10.2. The molecule has 0 spiro atoms. The number of hydrogen-bond donors (Lipinski definition) is 1. The molecule has 0 bridgehead atoms. The van der Waals surface area contributed by atoms with Crippen LogP contribution in [-0.2, 0) is 0 Å². The second kappa shape index (κ2) is 5.90. The van der Waals surface area contributed by atoms with E-state index in [1.165, 1.54) is 6.42 Å². The number of nitrogens with two attached hydrogens (primary N) is 1. The van der Waals surface area contributed by atoms with Crippen molar-refractivity contribution in [2.75, 3.05) is 13.1 Å². The lowest BCUT2D eigenvalue weighted by atomic mass is 10.1. The average molecular weight is 286 g/mol. The van der Waals surface area contributed by atoms with Crippen LogP contribution in [0.3, 0.4) is 0 Å². The maximum absolute atomic E-state index is 12.8. The molecule has 1 atom stereocenters. The molecule has 4 heteroatoms. The molecule has 0 aliphatic carbocycles. The van der Waals surface area contributed by atoms with Gasteiger partial charge in [0.2, 0.25) is 0 Å². The van der Waals surface area contributed by atoms with Crippen molar-refractivity contribution in [2.24, 2.45) is 5.73 Å². The van der Waals surface area contributed by atoms with Gasteiger partial charge in [-0.15, -0.1) is 0 Å². The predicted octanol–water partition coefficient (Wildman–Crippen LogP) is 3.08. The Labute approximate surface area is 124 Å². The van der Waals surface area contributed by atoms with Gasteiger partial charge in [0.25, 0.3) is 5.91 Å². The number of benzene rings is 1. The Morgan fingerprint density at radius 3 is 3.00 bits per heavy atom. The van der Waals surface area contributed by atoms with Crippen molar-refractivity contribution in [3.8, 4) is 0 Å². The minimum absolute atomic E-state index is 0.0267. The van der Waals surface area contributed by atoms with E-state index in [0.29, 0.717) is 12.3 Å². The molecule has 112 valence electrons. The number of aryl methyl sites for hydroxylation is 1. The van der Waals surface area contributed by atoms with Gasteiger partial charge in [-0.25, -0.2) is 0 Å².